The van der Waals surface area contributed by atoms with Gasteiger partial charge in [0.1, 0.15) is 0 Å². The zero-order chi connectivity index (χ0) is 26.9. The third kappa shape index (κ3) is 18.0. The van der Waals surface area contributed by atoms with Crippen LogP contribution in [0.1, 0.15) is 41.5 Å². The maximum absolute atomic E-state index is 10.5. The molecule has 0 aromatic rings. The fourth-order valence-electron chi connectivity index (χ4n) is 4.10. The topological polar surface area (TPSA) is 98.1 Å². The molecule has 1 saturated heterocycles. The molecule has 9 heteroatoms. The molecular weight excluding hydrogens is 462 g/mol. The van der Waals surface area contributed by atoms with Gasteiger partial charge in [0.15, 0.2) is 0 Å². The lowest BCUT2D eigenvalue weighted by atomic mass is 10.2. The molecule has 1 heterocycles. The van der Waals surface area contributed by atoms with Crippen LogP contribution >= 0.6 is 0 Å². The SMILES string of the molecule is CC(C)COC[C@H](O)CN1CCN(C[C@@H](O)COCC(C)C)CCN(C[C@@H](O)COCC(C)C)CC1. The lowest BCUT2D eigenvalue weighted by Crippen LogP contribution is -2.43. The van der Waals surface area contributed by atoms with Gasteiger partial charge in [-0.2, -0.15) is 0 Å². The average Bonchev–Trinajstić information content (AvgIpc) is 2.85. The Morgan fingerprint density at radius 3 is 0.861 bits per heavy atom. The fourth-order valence-corrected chi connectivity index (χ4v) is 4.10. The smallest absolute Gasteiger partial charge is 0.0900 e. The van der Waals surface area contributed by atoms with Crippen molar-refractivity contribution in [3.05, 3.63) is 0 Å². The maximum atomic E-state index is 10.5. The van der Waals surface area contributed by atoms with Crippen LogP contribution in [0, 0.1) is 17.8 Å². The van der Waals surface area contributed by atoms with Gasteiger partial charge in [0.25, 0.3) is 0 Å². The van der Waals surface area contributed by atoms with Crippen molar-refractivity contribution in [1.29, 1.82) is 0 Å². The lowest BCUT2D eigenvalue weighted by molar-refractivity contribution is 0.00102. The molecule has 1 fully saturated rings. The van der Waals surface area contributed by atoms with E-state index in [2.05, 4.69) is 56.2 Å². The molecule has 216 valence electrons. The number of ether oxygens (including phenoxy) is 3. The molecule has 0 aliphatic carbocycles. The van der Waals surface area contributed by atoms with Gasteiger partial charge < -0.3 is 29.5 Å². The highest BCUT2D eigenvalue weighted by molar-refractivity contribution is 4.76. The molecular formula is C27H57N3O6. The van der Waals surface area contributed by atoms with Gasteiger partial charge in [-0.15, -0.1) is 0 Å². The molecule has 1 aliphatic rings. The van der Waals surface area contributed by atoms with Gasteiger partial charge in [0.05, 0.1) is 38.1 Å². The fraction of sp³-hybridized carbons (Fsp3) is 1.00. The van der Waals surface area contributed by atoms with E-state index in [1.54, 1.807) is 0 Å². The number of nitrogens with zero attached hydrogens (tertiary/aromatic N) is 3. The van der Waals surface area contributed by atoms with Crippen molar-refractivity contribution in [2.24, 2.45) is 17.8 Å². The number of hydrogen-bond donors (Lipinski definition) is 3. The summed E-state index contributed by atoms with van der Waals surface area (Å²) in [4.78, 5) is 6.79. The van der Waals surface area contributed by atoms with Gasteiger partial charge >= 0.3 is 0 Å². The third-order valence-corrected chi connectivity index (χ3v) is 5.89. The first-order chi connectivity index (χ1) is 17.0. The zero-order valence-corrected chi connectivity index (χ0v) is 24.0. The van der Waals surface area contributed by atoms with Gasteiger partial charge in [-0.25, -0.2) is 0 Å². The largest absolute Gasteiger partial charge is 0.389 e. The first-order valence-electron chi connectivity index (χ1n) is 14.0. The summed E-state index contributed by atoms with van der Waals surface area (Å²) in [5.74, 6) is 1.32. The van der Waals surface area contributed by atoms with E-state index in [1.807, 2.05) is 0 Å². The normalized spacial score (nSPS) is 20.0. The standard InChI is InChI=1S/C27H57N3O6/c1-22(2)16-34-19-25(31)13-28-7-9-29(14-26(32)20-35-17-23(3)4)11-12-30(10-8-28)15-27(33)21-36-18-24(5)6/h22-27,31-33H,7-21H2,1-6H3/t25-,26-,27-/m1/s1. The Hall–Kier alpha value is -0.360. The first kappa shape index (κ1) is 33.7. The quantitative estimate of drug-likeness (QED) is 0.245. The summed E-state index contributed by atoms with van der Waals surface area (Å²) in [6, 6.07) is 0. The number of β-amino-alcohol motifs (C(OH)–C–C–N with tert-alkyl or cyclic N) is 3. The Balaban J connectivity index is 2.68. The molecule has 3 atom stereocenters. The van der Waals surface area contributed by atoms with Crippen LogP contribution in [0.4, 0.5) is 0 Å². The molecule has 0 spiro atoms. The van der Waals surface area contributed by atoms with Crippen molar-refractivity contribution in [2.45, 2.75) is 59.9 Å². The second-order valence-electron chi connectivity index (χ2n) is 11.7. The highest BCUT2D eigenvalue weighted by atomic mass is 16.5. The van der Waals surface area contributed by atoms with E-state index in [9.17, 15) is 15.3 Å². The minimum Gasteiger partial charge on any atom is -0.389 e. The second-order valence-corrected chi connectivity index (χ2v) is 11.7. The molecule has 0 bridgehead atoms. The van der Waals surface area contributed by atoms with E-state index >= 15 is 0 Å². The molecule has 0 radical (unpaired) electrons. The summed E-state index contributed by atoms with van der Waals surface area (Å²) in [5, 5.41) is 31.6. The Morgan fingerprint density at radius 1 is 0.444 bits per heavy atom. The Labute approximate surface area is 220 Å². The Bertz CT molecular complexity index is 442. The maximum Gasteiger partial charge on any atom is 0.0900 e. The summed E-state index contributed by atoms with van der Waals surface area (Å²) in [6.07, 6.45) is -1.63. The molecule has 0 saturated carbocycles. The number of hydrogen-bond acceptors (Lipinski definition) is 9. The van der Waals surface area contributed by atoms with Crippen molar-refractivity contribution in [1.82, 2.24) is 14.7 Å². The van der Waals surface area contributed by atoms with Gasteiger partial charge in [-0.1, -0.05) is 41.5 Å². The molecule has 36 heavy (non-hydrogen) atoms. The van der Waals surface area contributed by atoms with Crippen LogP contribution in [-0.4, -0.2) is 147 Å². The third-order valence-electron chi connectivity index (χ3n) is 5.89. The monoisotopic (exact) mass is 519 g/mol. The zero-order valence-electron chi connectivity index (χ0n) is 24.0. The second kappa shape index (κ2) is 19.7. The summed E-state index contributed by atoms with van der Waals surface area (Å²) in [5.41, 5.74) is 0. The van der Waals surface area contributed by atoms with Crippen molar-refractivity contribution < 1.29 is 29.5 Å². The predicted molar refractivity (Wildman–Crippen MR) is 144 cm³/mol. The lowest BCUT2D eigenvalue weighted by Gasteiger charge is -2.28. The molecule has 1 rings (SSSR count). The van der Waals surface area contributed by atoms with Crippen LogP contribution in [-0.2, 0) is 14.2 Å². The molecule has 0 aromatic heterocycles. The van der Waals surface area contributed by atoms with Gasteiger partial charge in [-0.05, 0) is 17.8 Å². The molecule has 3 N–H and O–H groups in total. The van der Waals surface area contributed by atoms with Crippen LogP contribution in [0.3, 0.4) is 0 Å². The number of aliphatic hydroxyl groups is 3. The van der Waals surface area contributed by atoms with Crippen molar-refractivity contribution in [3.8, 4) is 0 Å². The van der Waals surface area contributed by atoms with Crippen LogP contribution in [0.5, 0.6) is 0 Å². The van der Waals surface area contributed by atoms with Crippen molar-refractivity contribution in [2.75, 3.05) is 98.5 Å². The molecule has 0 unspecified atom stereocenters. The van der Waals surface area contributed by atoms with E-state index in [-0.39, 0.29) is 0 Å². The van der Waals surface area contributed by atoms with Gasteiger partial charge in [0, 0.05) is 78.7 Å². The molecule has 0 aromatic carbocycles. The highest BCUT2D eigenvalue weighted by Crippen LogP contribution is 2.06. The van der Waals surface area contributed by atoms with Crippen LogP contribution in [0.2, 0.25) is 0 Å². The molecule has 9 nitrogen and oxygen atoms in total. The Kier molecular flexibility index (Phi) is 18.4. The number of rotatable bonds is 18. The average molecular weight is 520 g/mol. The number of aliphatic hydroxyl groups excluding tert-OH is 3. The van der Waals surface area contributed by atoms with E-state index in [4.69, 9.17) is 14.2 Å². The summed E-state index contributed by atoms with van der Waals surface area (Å²) >= 11 is 0. The minimum atomic E-state index is -0.545. The van der Waals surface area contributed by atoms with Gasteiger partial charge in [0.2, 0.25) is 0 Å². The van der Waals surface area contributed by atoms with Crippen molar-refractivity contribution >= 4 is 0 Å². The van der Waals surface area contributed by atoms with Crippen LogP contribution in [0.15, 0.2) is 0 Å². The van der Waals surface area contributed by atoms with Gasteiger partial charge in [-0.3, -0.25) is 14.7 Å². The van der Waals surface area contributed by atoms with E-state index in [0.29, 0.717) is 77.0 Å². The minimum absolute atomic E-state index is 0.333. The van der Waals surface area contributed by atoms with Crippen LogP contribution < -0.4 is 0 Å². The summed E-state index contributed by atoms with van der Waals surface area (Å²) in [6.45, 7) is 22.0. The molecule has 1 aliphatic heterocycles. The summed E-state index contributed by atoms with van der Waals surface area (Å²) in [7, 11) is 0. The van der Waals surface area contributed by atoms with Crippen molar-refractivity contribution in [3.63, 3.8) is 0 Å². The van der Waals surface area contributed by atoms with E-state index in [1.165, 1.54) is 0 Å². The summed E-state index contributed by atoms with van der Waals surface area (Å²) < 4.78 is 16.9. The Morgan fingerprint density at radius 2 is 0.667 bits per heavy atom. The molecule has 0 amide bonds. The first-order valence-corrected chi connectivity index (χ1v) is 14.0. The van der Waals surface area contributed by atoms with E-state index in [0.717, 1.165) is 39.3 Å². The predicted octanol–water partition coefficient (Wildman–Crippen LogP) is 1.01. The highest BCUT2D eigenvalue weighted by Gasteiger charge is 2.22. The van der Waals surface area contributed by atoms with Crippen LogP contribution in [0.25, 0.3) is 0 Å². The van der Waals surface area contributed by atoms with E-state index < -0.39 is 18.3 Å².